The van der Waals surface area contributed by atoms with Crippen molar-refractivity contribution in [3.63, 3.8) is 0 Å². The summed E-state index contributed by atoms with van der Waals surface area (Å²) in [5.74, 6) is -0.285. The van der Waals surface area contributed by atoms with Crippen molar-refractivity contribution < 1.29 is 9.18 Å². The van der Waals surface area contributed by atoms with Crippen LogP contribution in [0.4, 0.5) is 4.39 Å². The summed E-state index contributed by atoms with van der Waals surface area (Å²) in [6.45, 7) is 2.17. The number of carbonyl (C=O) groups excluding carboxylic acids is 1. The minimum absolute atomic E-state index is 0.0136. The van der Waals surface area contributed by atoms with Crippen molar-refractivity contribution in [3.05, 3.63) is 81.8 Å². The average molecular weight is 439 g/mol. The Labute approximate surface area is 182 Å². The maximum absolute atomic E-state index is 14.2. The molecule has 1 aliphatic carbocycles. The first-order valence-electron chi connectivity index (χ1n) is 10.1. The molecule has 0 unspecified atom stereocenters. The molecule has 9 heteroatoms. The highest BCUT2D eigenvalue weighted by Crippen LogP contribution is 2.39. The number of hydrogen-bond donors (Lipinski definition) is 1. The number of rotatable bonds is 6. The second-order valence-electron chi connectivity index (χ2n) is 7.88. The van der Waals surface area contributed by atoms with Gasteiger partial charge in [0.05, 0.1) is 23.5 Å². The number of nitrogens with zero attached hydrogens (tertiary/aromatic N) is 5. The molecule has 1 saturated carbocycles. The molecule has 5 rings (SSSR count). The topological polar surface area (TPSA) is 77.1 Å². The zero-order valence-electron chi connectivity index (χ0n) is 16.8. The fourth-order valence-electron chi connectivity index (χ4n) is 3.61. The number of aryl methyl sites for hydroxylation is 1. The lowest BCUT2D eigenvalue weighted by molar-refractivity contribution is 0.0945. The number of fused-ring (bicyclic) bond motifs is 1. The van der Waals surface area contributed by atoms with Gasteiger partial charge in [0.25, 0.3) is 5.91 Å². The third-order valence-electron chi connectivity index (χ3n) is 5.52. The summed E-state index contributed by atoms with van der Waals surface area (Å²) < 4.78 is 17.8. The van der Waals surface area contributed by atoms with E-state index in [1.807, 2.05) is 16.7 Å². The molecule has 158 valence electrons. The molecule has 0 atom stereocenters. The largest absolute Gasteiger partial charge is 0.346 e. The van der Waals surface area contributed by atoms with E-state index >= 15 is 0 Å². The van der Waals surface area contributed by atoms with Crippen molar-refractivity contribution in [3.8, 4) is 0 Å². The molecule has 31 heavy (non-hydrogen) atoms. The summed E-state index contributed by atoms with van der Waals surface area (Å²) in [5, 5.41) is 10.7. The summed E-state index contributed by atoms with van der Waals surface area (Å²) in [6, 6.07) is 7.36. The van der Waals surface area contributed by atoms with Crippen molar-refractivity contribution in [2.45, 2.75) is 38.8 Å². The molecule has 0 bridgehead atoms. The summed E-state index contributed by atoms with van der Waals surface area (Å²) in [7, 11) is 0. The lowest BCUT2D eigenvalue weighted by Gasteiger charge is -2.09. The van der Waals surface area contributed by atoms with Gasteiger partial charge in [-0.25, -0.2) is 14.1 Å². The summed E-state index contributed by atoms with van der Waals surface area (Å²) >= 11 is 5.83. The Morgan fingerprint density at radius 2 is 2.06 bits per heavy atom. The number of halogens is 2. The highest BCUT2D eigenvalue weighted by molar-refractivity contribution is 6.30. The molecule has 1 aromatic carbocycles. The van der Waals surface area contributed by atoms with Crippen LogP contribution in [0.3, 0.4) is 0 Å². The highest BCUT2D eigenvalue weighted by Gasteiger charge is 2.23. The molecule has 0 radical (unpaired) electrons. The third kappa shape index (κ3) is 4.03. The fourth-order valence-corrected chi connectivity index (χ4v) is 3.78. The van der Waals surface area contributed by atoms with Gasteiger partial charge in [-0.05, 0) is 48.9 Å². The minimum atomic E-state index is -0.526. The monoisotopic (exact) mass is 438 g/mol. The van der Waals surface area contributed by atoms with Crippen LogP contribution in [0.2, 0.25) is 5.02 Å². The Bertz CT molecular complexity index is 1290. The number of carbonyl (C=O) groups is 1. The SMILES string of the molecule is Cc1ccc(Cl)c(F)c1CNC(=O)c1cn(Cc2cn3cc(C4CC4)ccc3n2)nn1. The summed E-state index contributed by atoms with van der Waals surface area (Å²) in [4.78, 5) is 17.0. The smallest absolute Gasteiger partial charge is 0.273 e. The van der Waals surface area contributed by atoms with E-state index in [9.17, 15) is 9.18 Å². The van der Waals surface area contributed by atoms with E-state index in [2.05, 4.69) is 32.9 Å². The first kappa shape index (κ1) is 19.7. The molecule has 3 heterocycles. The highest BCUT2D eigenvalue weighted by atomic mass is 35.5. The number of benzene rings is 1. The normalized spacial score (nSPS) is 13.6. The average Bonchev–Trinajstić information content (AvgIpc) is 3.37. The van der Waals surface area contributed by atoms with Crippen molar-refractivity contribution in [2.75, 3.05) is 0 Å². The Kier molecular flexibility index (Phi) is 4.94. The van der Waals surface area contributed by atoms with E-state index in [0.717, 1.165) is 11.3 Å². The molecule has 1 aliphatic rings. The van der Waals surface area contributed by atoms with E-state index in [1.165, 1.54) is 24.5 Å². The zero-order chi connectivity index (χ0) is 21.5. The Hall–Kier alpha value is -3.26. The van der Waals surface area contributed by atoms with Crippen LogP contribution in [0, 0.1) is 12.7 Å². The van der Waals surface area contributed by atoms with Crippen LogP contribution in [-0.4, -0.2) is 30.3 Å². The summed E-state index contributed by atoms with van der Waals surface area (Å²) in [5.41, 5.74) is 4.24. The van der Waals surface area contributed by atoms with Gasteiger partial charge < -0.3 is 9.72 Å². The molecule has 3 aromatic heterocycles. The quantitative estimate of drug-likeness (QED) is 0.495. The number of imidazole rings is 1. The van der Waals surface area contributed by atoms with E-state index in [-0.39, 0.29) is 17.3 Å². The van der Waals surface area contributed by atoms with E-state index < -0.39 is 11.7 Å². The second kappa shape index (κ2) is 7.77. The molecular weight excluding hydrogens is 419 g/mol. The van der Waals surface area contributed by atoms with Crippen LogP contribution in [0.15, 0.2) is 42.9 Å². The lowest BCUT2D eigenvalue weighted by atomic mass is 10.1. The van der Waals surface area contributed by atoms with Crippen molar-refractivity contribution in [1.29, 1.82) is 0 Å². The fraction of sp³-hybridized carbons (Fsp3) is 0.273. The van der Waals surface area contributed by atoms with Gasteiger partial charge in [-0.1, -0.05) is 28.9 Å². The van der Waals surface area contributed by atoms with E-state index in [4.69, 9.17) is 11.6 Å². The number of pyridine rings is 1. The van der Waals surface area contributed by atoms with Crippen molar-refractivity contribution >= 4 is 23.2 Å². The van der Waals surface area contributed by atoms with Gasteiger partial charge in [0.1, 0.15) is 11.5 Å². The molecule has 1 amide bonds. The molecule has 0 spiro atoms. The van der Waals surface area contributed by atoms with Gasteiger partial charge in [-0.15, -0.1) is 5.10 Å². The van der Waals surface area contributed by atoms with Gasteiger partial charge in [0.2, 0.25) is 0 Å². The third-order valence-corrected chi connectivity index (χ3v) is 5.82. The van der Waals surface area contributed by atoms with E-state index in [0.29, 0.717) is 23.6 Å². The number of nitrogens with one attached hydrogen (secondary N) is 1. The number of hydrogen-bond acceptors (Lipinski definition) is 4. The van der Waals surface area contributed by atoms with Crippen LogP contribution in [-0.2, 0) is 13.1 Å². The van der Waals surface area contributed by atoms with Gasteiger partial charge in [0.15, 0.2) is 5.69 Å². The van der Waals surface area contributed by atoms with Gasteiger partial charge in [-0.2, -0.15) is 0 Å². The van der Waals surface area contributed by atoms with Crippen molar-refractivity contribution in [1.82, 2.24) is 29.7 Å². The molecule has 1 fully saturated rings. The predicted molar refractivity (Wildman–Crippen MR) is 114 cm³/mol. The molecule has 7 nitrogen and oxygen atoms in total. The van der Waals surface area contributed by atoms with Crippen LogP contribution in [0.1, 0.15) is 51.6 Å². The van der Waals surface area contributed by atoms with Crippen LogP contribution >= 0.6 is 11.6 Å². The maximum atomic E-state index is 14.2. The van der Waals surface area contributed by atoms with Crippen LogP contribution in [0.25, 0.3) is 5.65 Å². The minimum Gasteiger partial charge on any atom is -0.346 e. The number of amides is 1. The Morgan fingerprint density at radius 3 is 2.87 bits per heavy atom. The molecule has 4 aromatic rings. The first-order chi connectivity index (χ1) is 15.0. The molecule has 0 aliphatic heterocycles. The van der Waals surface area contributed by atoms with Crippen molar-refractivity contribution in [2.24, 2.45) is 0 Å². The molecule has 0 saturated heterocycles. The van der Waals surface area contributed by atoms with E-state index in [1.54, 1.807) is 23.9 Å². The Balaban J connectivity index is 1.26. The number of aromatic nitrogens is 5. The van der Waals surface area contributed by atoms with Crippen LogP contribution < -0.4 is 5.32 Å². The van der Waals surface area contributed by atoms with Gasteiger partial charge in [-0.3, -0.25) is 4.79 Å². The molecule has 1 N–H and O–H groups in total. The van der Waals surface area contributed by atoms with Crippen LogP contribution in [0.5, 0.6) is 0 Å². The van der Waals surface area contributed by atoms with Gasteiger partial charge >= 0.3 is 0 Å². The standard InChI is InChI=1S/C22H20ClFN6O/c1-13-2-6-18(23)21(24)17(13)8-25-22(31)19-12-30(28-27-19)11-16-10-29-9-15(14-3-4-14)5-7-20(29)26-16/h2,5-7,9-10,12,14H,3-4,8,11H2,1H3,(H,25,31). The molecular formula is C22H20ClFN6O. The van der Waals surface area contributed by atoms with Gasteiger partial charge in [0, 0.05) is 24.5 Å². The Morgan fingerprint density at radius 1 is 1.23 bits per heavy atom. The predicted octanol–water partition coefficient (Wildman–Crippen LogP) is 3.88. The maximum Gasteiger partial charge on any atom is 0.273 e. The zero-order valence-corrected chi connectivity index (χ0v) is 17.6. The first-order valence-corrected chi connectivity index (χ1v) is 10.4. The summed E-state index contributed by atoms with van der Waals surface area (Å²) in [6.07, 6.45) is 8.14. The lowest BCUT2D eigenvalue weighted by Crippen LogP contribution is -2.24. The second-order valence-corrected chi connectivity index (χ2v) is 8.28.